The zero-order valence-corrected chi connectivity index (χ0v) is 10.2. The van der Waals surface area contributed by atoms with E-state index in [2.05, 4.69) is 19.1 Å². The quantitative estimate of drug-likeness (QED) is 0.173. The third-order valence-electron chi connectivity index (χ3n) is 1.25. The van der Waals surface area contributed by atoms with E-state index in [1.165, 1.54) is 11.0 Å². The summed E-state index contributed by atoms with van der Waals surface area (Å²) in [6.07, 6.45) is -5.50. The molecule has 2 amide bonds. The fourth-order valence-corrected chi connectivity index (χ4v) is 0.590. The summed E-state index contributed by atoms with van der Waals surface area (Å²) in [5.41, 5.74) is 23.4. The Bertz CT molecular complexity index is 306. The summed E-state index contributed by atoms with van der Waals surface area (Å²) in [5.74, 6) is 0. The van der Waals surface area contributed by atoms with Gasteiger partial charge >= 0.3 is 18.3 Å². The molecule has 0 saturated heterocycles. The minimum absolute atomic E-state index is 0.297. The number of carbonyl (C=O) groups excluding carboxylic acids is 3. The molecule has 0 spiro atoms. The van der Waals surface area contributed by atoms with E-state index in [9.17, 15) is 14.4 Å². The Labute approximate surface area is 112 Å². The van der Waals surface area contributed by atoms with E-state index in [1.54, 1.807) is 0 Å². The van der Waals surface area contributed by atoms with Gasteiger partial charge in [0.15, 0.2) is 0 Å². The van der Waals surface area contributed by atoms with E-state index < -0.39 is 30.7 Å². The highest BCUT2D eigenvalue weighted by Crippen LogP contribution is 1.84. The van der Waals surface area contributed by atoms with E-state index in [4.69, 9.17) is 22.9 Å². The van der Waals surface area contributed by atoms with E-state index in [0.29, 0.717) is 0 Å². The molecule has 0 unspecified atom stereocenters. The molecule has 0 aliphatic rings. The molecule has 0 aliphatic heterocycles. The van der Waals surface area contributed by atoms with Gasteiger partial charge in [-0.15, -0.1) is 11.0 Å². The smallest absolute Gasteiger partial charge is 0.444 e. The lowest BCUT2D eigenvalue weighted by Gasteiger charge is -2.09. The molecule has 0 saturated carbocycles. The largest absolute Gasteiger partial charge is 0.558 e. The summed E-state index contributed by atoms with van der Waals surface area (Å²) in [4.78, 5) is 40.6. The van der Waals surface area contributed by atoms with Gasteiger partial charge in [-0.05, 0) is 0 Å². The van der Waals surface area contributed by atoms with Gasteiger partial charge in [-0.2, -0.15) is 4.79 Å². The second-order valence-electron chi connectivity index (χ2n) is 3.18. The van der Waals surface area contributed by atoms with Crippen molar-refractivity contribution in [2.24, 2.45) is 22.9 Å². The maximum atomic E-state index is 10.9. The Morgan fingerprint density at radius 3 is 1.45 bits per heavy atom. The highest BCUT2D eigenvalue weighted by atomic mass is 16.9. The number of carbonyl (C=O) groups is 3. The van der Waals surface area contributed by atoms with Crippen LogP contribution in [-0.4, -0.2) is 43.9 Å². The van der Waals surface area contributed by atoms with Crippen molar-refractivity contribution < 1.29 is 33.5 Å². The Kier molecular flexibility index (Phi) is 8.44. The van der Waals surface area contributed by atoms with Crippen molar-refractivity contribution >= 4 is 18.3 Å². The molecular weight excluding hydrogens is 280 g/mol. The first-order valence-electron chi connectivity index (χ1n) is 5.06. The number of rotatable bonds is 4. The maximum absolute atomic E-state index is 10.9. The van der Waals surface area contributed by atoms with Crippen LogP contribution in [0.4, 0.5) is 14.4 Å². The highest BCUT2D eigenvalue weighted by Gasteiger charge is 2.12. The van der Waals surface area contributed by atoms with Gasteiger partial charge in [-0.3, -0.25) is 0 Å². The number of hydrogen-bond donors (Lipinski definition) is 6. The van der Waals surface area contributed by atoms with Crippen molar-refractivity contribution in [2.45, 2.75) is 12.3 Å². The van der Waals surface area contributed by atoms with Gasteiger partial charge in [0.25, 0.3) is 0 Å². The summed E-state index contributed by atoms with van der Waals surface area (Å²) in [6.45, 7) is -0.595. The maximum Gasteiger partial charge on any atom is 0.558 e. The van der Waals surface area contributed by atoms with E-state index in [0.717, 1.165) is 0 Å². The lowest BCUT2D eigenvalue weighted by molar-refractivity contribution is -0.0153. The van der Waals surface area contributed by atoms with Crippen LogP contribution in [0.15, 0.2) is 0 Å². The molecule has 0 aromatic rings. The van der Waals surface area contributed by atoms with E-state index in [1.807, 2.05) is 0 Å². The SMILES string of the molecule is NC(N)COC(=O)NOC(=O)ONC(=O)OCC(N)N. The summed E-state index contributed by atoms with van der Waals surface area (Å²) in [7, 11) is 0. The molecule has 13 heteroatoms. The molecular formula is C7H16N6O7. The van der Waals surface area contributed by atoms with E-state index >= 15 is 0 Å². The Balaban J connectivity index is 3.68. The number of amides is 2. The van der Waals surface area contributed by atoms with E-state index in [-0.39, 0.29) is 13.2 Å². The summed E-state index contributed by atoms with van der Waals surface area (Å²) < 4.78 is 8.74. The lowest BCUT2D eigenvalue weighted by atomic mass is 10.6. The third-order valence-corrected chi connectivity index (χ3v) is 1.25. The number of nitrogens with two attached hydrogens (primary N) is 4. The molecule has 116 valence electrons. The minimum atomic E-state index is -1.46. The van der Waals surface area contributed by atoms with Gasteiger partial charge in [0.1, 0.15) is 13.2 Å². The topological polar surface area (TPSA) is 216 Å². The van der Waals surface area contributed by atoms with Crippen LogP contribution in [0.5, 0.6) is 0 Å². The first kappa shape index (κ1) is 17.6. The zero-order valence-electron chi connectivity index (χ0n) is 10.2. The average molecular weight is 296 g/mol. The summed E-state index contributed by atoms with van der Waals surface area (Å²) in [6, 6.07) is 0. The molecule has 0 atom stereocenters. The zero-order chi connectivity index (χ0) is 15.5. The molecule has 10 N–H and O–H groups in total. The minimum Gasteiger partial charge on any atom is -0.444 e. The number of hydrogen-bond acceptors (Lipinski definition) is 11. The predicted octanol–water partition coefficient (Wildman–Crippen LogP) is -3.09. The van der Waals surface area contributed by atoms with Gasteiger partial charge in [-0.25, -0.2) is 9.59 Å². The Morgan fingerprint density at radius 1 is 0.800 bits per heavy atom. The van der Waals surface area contributed by atoms with Crippen LogP contribution in [0.1, 0.15) is 0 Å². The van der Waals surface area contributed by atoms with Crippen molar-refractivity contribution in [1.29, 1.82) is 0 Å². The molecule has 0 aromatic heterocycles. The third kappa shape index (κ3) is 10.8. The monoisotopic (exact) mass is 296 g/mol. The average Bonchev–Trinajstić information content (AvgIpc) is 2.37. The lowest BCUT2D eigenvalue weighted by Crippen LogP contribution is -2.40. The molecule has 0 fully saturated rings. The molecule has 0 radical (unpaired) electrons. The van der Waals surface area contributed by atoms with Crippen LogP contribution < -0.4 is 33.9 Å². The first-order chi connectivity index (χ1) is 9.31. The van der Waals surface area contributed by atoms with Gasteiger partial charge in [-0.1, -0.05) is 0 Å². The van der Waals surface area contributed by atoms with Crippen LogP contribution in [0.3, 0.4) is 0 Å². The second kappa shape index (κ2) is 9.56. The van der Waals surface area contributed by atoms with Crippen molar-refractivity contribution in [2.75, 3.05) is 13.2 Å². The number of ether oxygens (including phenoxy) is 2. The number of nitrogens with one attached hydrogen (secondary N) is 2. The normalized spacial score (nSPS) is 9.90. The molecule has 0 aromatic carbocycles. The summed E-state index contributed by atoms with van der Waals surface area (Å²) in [5, 5.41) is 0. The molecule has 0 bridgehead atoms. The van der Waals surface area contributed by atoms with Gasteiger partial charge in [0.05, 0.1) is 12.3 Å². The predicted molar refractivity (Wildman–Crippen MR) is 60.9 cm³/mol. The van der Waals surface area contributed by atoms with Crippen molar-refractivity contribution in [3.63, 3.8) is 0 Å². The van der Waals surface area contributed by atoms with Gasteiger partial charge in [0.2, 0.25) is 0 Å². The van der Waals surface area contributed by atoms with Gasteiger partial charge in [0, 0.05) is 0 Å². The molecule has 13 nitrogen and oxygen atoms in total. The second-order valence-corrected chi connectivity index (χ2v) is 3.18. The number of hydroxylamine groups is 2. The molecule has 20 heavy (non-hydrogen) atoms. The van der Waals surface area contributed by atoms with Crippen molar-refractivity contribution in [3.8, 4) is 0 Å². The van der Waals surface area contributed by atoms with Crippen LogP contribution in [0.2, 0.25) is 0 Å². The Morgan fingerprint density at radius 2 is 1.15 bits per heavy atom. The highest BCUT2D eigenvalue weighted by molar-refractivity contribution is 5.71. The van der Waals surface area contributed by atoms with Crippen LogP contribution in [0, 0.1) is 0 Å². The van der Waals surface area contributed by atoms with Crippen LogP contribution in [0.25, 0.3) is 0 Å². The van der Waals surface area contributed by atoms with Crippen LogP contribution in [-0.2, 0) is 19.1 Å². The fourth-order valence-electron chi connectivity index (χ4n) is 0.590. The first-order valence-corrected chi connectivity index (χ1v) is 5.06. The Hall–Kier alpha value is -2.35. The van der Waals surface area contributed by atoms with Crippen molar-refractivity contribution in [1.82, 2.24) is 11.0 Å². The molecule has 0 heterocycles. The van der Waals surface area contributed by atoms with Crippen molar-refractivity contribution in [3.05, 3.63) is 0 Å². The van der Waals surface area contributed by atoms with Gasteiger partial charge < -0.3 is 42.1 Å². The molecule has 0 rings (SSSR count). The standard InChI is InChI=1S/C7H16N6O7/c8-3(9)1-17-5(14)12-19-7(16)20-13-6(15)18-2-4(10)11/h3-4H,1-2,8-11H2,(H,12,14)(H,13,15). The fraction of sp³-hybridized carbons (Fsp3) is 0.571. The summed E-state index contributed by atoms with van der Waals surface area (Å²) >= 11 is 0. The van der Waals surface area contributed by atoms with Crippen LogP contribution >= 0.6 is 0 Å². The molecule has 0 aliphatic carbocycles.